The average molecular weight is 280 g/mol. The summed E-state index contributed by atoms with van der Waals surface area (Å²) >= 11 is 9.17. The highest BCUT2D eigenvalue weighted by Gasteiger charge is 2.07. The third-order valence-electron chi connectivity index (χ3n) is 2.13. The van der Waals surface area contributed by atoms with Gasteiger partial charge < -0.3 is 0 Å². The van der Waals surface area contributed by atoms with Gasteiger partial charge in [-0.1, -0.05) is 6.92 Å². The molecule has 0 unspecified atom stereocenters. The first-order valence-electron chi connectivity index (χ1n) is 5.05. The number of rotatable bonds is 6. The molecule has 0 atom stereocenters. The summed E-state index contributed by atoms with van der Waals surface area (Å²) in [5.74, 6) is 0.750. The van der Waals surface area contributed by atoms with Crippen LogP contribution in [0.4, 0.5) is 0 Å². The predicted octanol–water partition coefficient (Wildman–Crippen LogP) is 3.62. The van der Waals surface area contributed by atoms with Crippen molar-refractivity contribution in [3.63, 3.8) is 0 Å². The minimum atomic E-state index is 0.750. The van der Waals surface area contributed by atoms with E-state index in [0.29, 0.717) is 0 Å². The van der Waals surface area contributed by atoms with Gasteiger partial charge in [0.15, 0.2) is 0 Å². The van der Waals surface area contributed by atoms with E-state index in [4.69, 9.17) is 11.6 Å². The number of nitrogens with zero attached hydrogens (tertiary/aromatic N) is 2. The summed E-state index contributed by atoms with van der Waals surface area (Å²) in [6.45, 7) is 3.17. The van der Waals surface area contributed by atoms with Gasteiger partial charge in [-0.2, -0.15) is 5.10 Å². The SMILES string of the molecule is CCCn1ncc(Br)c1CCCCCl. The van der Waals surface area contributed by atoms with Crippen molar-refractivity contribution < 1.29 is 0 Å². The summed E-state index contributed by atoms with van der Waals surface area (Å²) < 4.78 is 3.21. The van der Waals surface area contributed by atoms with E-state index in [2.05, 4.69) is 32.6 Å². The van der Waals surface area contributed by atoms with Gasteiger partial charge in [0.2, 0.25) is 0 Å². The Morgan fingerprint density at radius 1 is 1.50 bits per heavy atom. The molecule has 0 aromatic carbocycles. The lowest BCUT2D eigenvalue weighted by molar-refractivity contribution is 0.565. The Labute approximate surface area is 98.8 Å². The van der Waals surface area contributed by atoms with Crippen molar-refractivity contribution in [3.8, 4) is 0 Å². The summed E-state index contributed by atoms with van der Waals surface area (Å²) in [6.07, 6.45) is 6.28. The van der Waals surface area contributed by atoms with E-state index in [1.807, 2.05) is 6.20 Å². The first-order valence-corrected chi connectivity index (χ1v) is 6.38. The Kier molecular flexibility index (Phi) is 5.56. The van der Waals surface area contributed by atoms with Crippen molar-refractivity contribution in [2.45, 2.75) is 39.2 Å². The highest BCUT2D eigenvalue weighted by atomic mass is 79.9. The van der Waals surface area contributed by atoms with Crippen LogP contribution in [-0.4, -0.2) is 15.7 Å². The molecule has 0 aliphatic rings. The molecule has 1 aromatic rings. The molecule has 0 spiro atoms. The molecule has 0 bridgehead atoms. The maximum absolute atomic E-state index is 5.65. The number of unbranched alkanes of at least 4 members (excludes halogenated alkanes) is 1. The lowest BCUT2D eigenvalue weighted by Gasteiger charge is -2.05. The van der Waals surface area contributed by atoms with Crippen molar-refractivity contribution in [1.29, 1.82) is 0 Å². The van der Waals surface area contributed by atoms with Crippen molar-refractivity contribution in [2.75, 3.05) is 5.88 Å². The zero-order valence-electron chi connectivity index (χ0n) is 8.47. The predicted molar refractivity (Wildman–Crippen MR) is 63.9 cm³/mol. The van der Waals surface area contributed by atoms with E-state index in [0.717, 1.165) is 42.6 Å². The van der Waals surface area contributed by atoms with Crippen LogP contribution in [0.15, 0.2) is 10.7 Å². The summed E-state index contributed by atoms with van der Waals surface area (Å²) in [5.41, 5.74) is 1.30. The molecule has 0 fully saturated rings. The second kappa shape index (κ2) is 6.46. The van der Waals surface area contributed by atoms with Crippen LogP contribution in [0.5, 0.6) is 0 Å². The van der Waals surface area contributed by atoms with Crippen molar-refractivity contribution >= 4 is 27.5 Å². The average Bonchev–Trinajstić information content (AvgIpc) is 2.50. The van der Waals surface area contributed by atoms with Gasteiger partial charge >= 0.3 is 0 Å². The molecule has 1 aromatic heterocycles. The van der Waals surface area contributed by atoms with Crippen LogP contribution in [0.1, 0.15) is 31.9 Å². The third kappa shape index (κ3) is 3.28. The molecular formula is C10H16BrClN2. The number of hydrogen-bond acceptors (Lipinski definition) is 1. The first kappa shape index (κ1) is 12.1. The van der Waals surface area contributed by atoms with E-state index in [1.54, 1.807) is 0 Å². The summed E-state index contributed by atoms with van der Waals surface area (Å²) in [5, 5.41) is 4.32. The summed E-state index contributed by atoms with van der Waals surface area (Å²) in [7, 11) is 0. The molecule has 1 rings (SSSR count). The fourth-order valence-electron chi connectivity index (χ4n) is 1.43. The number of alkyl halides is 1. The van der Waals surface area contributed by atoms with E-state index in [-0.39, 0.29) is 0 Å². The highest BCUT2D eigenvalue weighted by Crippen LogP contribution is 2.18. The minimum absolute atomic E-state index is 0.750. The fourth-order valence-corrected chi connectivity index (χ4v) is 2.11. The topological polar surface area (TPSA) is 17.8 Å². The number of hydrogen-bond donors (Lipinski definition) is 0. The van der Waals surface area contributed by atoms with E-state index in [9.17, 15) is 0 Å². The molecule has 0 aliphatic heterocycles. The van der Waals surface area contributed by atoms with E-state index < -0.39 is 0 Å². The zero-order valence-corrected chi connectivity index (χ0v) is 10.8. The van der Waals surface area contributed by atoms with Crippen molar-refractivity contribution in [2.24, 2.45) is 0 Å². The van der Waals surface area contributed by atoms with Gasteiger partial charge in [-0.15, -0.1) is 11.6 Å². The van der Waals surface area contributed by atoms with Crippen LogP contribution in [-0.2, 0) is 13.0 Å². The van der Waals surface area contributed by atoms with Crippen LogP contribution in [0.25, 0.3) is 0 Å². The lowest BCUT2D eigenvalue weighted by Crippen LogP contribution is -2.04. The molecule has 0 saturated carbocycles. The third-order valence-corrected chi connectivity index (χ3v) is 3.06. The van der Waals surface area contributed by atoms with E-state index in [1.165, 1.54) is 5.69 Å². The second-order valence-electron chi connectivity index (χ2n) is 3.31. The van der Waals surface area contributed by atoms with Gasteiger partial charge in [0.1, 0.15) is 0 Å². The maximum Gasteiger partial charge on any atom is 0.0635 e. The van der Waals surface area contributed by atoms with Gasteiger partial charge in [0.25, 0.3) is 0 Å². The van der Waals surface area contributed by atoms with Gasteiger partial charge in [-0.05, 0) is 41.6 Å². The molecule has 14 heavy (non-hydrogen) atoms. The summed E-state index contributed by atoms with van der Waals surface area (Å²) in [6, 6.07) is 0. The zero-order chi connectivity index (χ0) is 10.4. The molecule has 1 heterocycles. The highest BCUT2D eigenvalue weighted by molar-refractivity contribution is 9.10. The molecule has 0 saturated heterocycles. The molecule has 0 aliphatic carbocycles. The minimum Gasteiger partial charge on any atom is -0.268 e. The molecule has 4 heteroatoms. The van der Waals surface area contributed by atoms with Gasteiger partial charge in [0.05, 0.1) is 16.4 Å². The largest absolute Gasteiger partial charge is 0.268 e. The van der Waals surface area contributed by atoms with Crippen molar-refractivity contribution in [1.82, 2.24) is 9.78 Å². The normalized spacial score (nSPS) is 10.8. The summed E-state index contributed by atoms with van der Waals surface area (Å²) in [4.78, 5) is 0. The number of aryl methyl sites for hydroxylation is 1. The Balaban J connectivity index is 2.57. The quantitative estimate of drug-likeness (QED) is 0.574. The fraction of sp³-hybridized carbons (Fsp3) is 0.700. The maximum atomic E-state index is 5.65. The number of halogens is 2. The van der Waals surface area contributed by atoms with Gasteiger partial charge in [-0.25, -0.2) is 0 Å². The first-order chi connectivity index (χ1) is 6.79. The van der Waals surface area contributed by atoms with Gasteiger partial charge in [0, 0.05) is 12.4 Å². The second-order valence-corrected chi connectivity index (χ2v) is 4.54. The molecular weight excluding hydrogens is 263 g/mol. The Bertz CT molecular complexity index is 273. The van der Waals surface area contributed by atoms with Crippen LogP contribution in [0, 0.1) is 0 Å². The monoisotopic (exact) mass is 278 g/mol. The molecule has 0 N–H and O–H groups in total. The molecule has 0 amide bonds. The van der Waals surface area contributed by atoms with E-state index >= 15 is 0 Å². The lowest BCUT2D eigenvalue weighted by atomic mass is 10.2. The van der Waals surface area contributed by atoms with Gasteiger partial charge in [-0.3, -0.25) is 4.68 Å². The number of aromatic nitrogens is 2. The Hall–Kier alpha value is -0.0200. The molecule has 2 nitrogen and oxygen atoms in total. The van der Waals surface area contributed by atoms with Crippen LogP contribution >= 0.6 is 27.5 Å². The molecule has 0 radical (unpaired) electrons. The molecule has 80 valence electrons. The van der Waals surface area contributed by atoms with Crippen LogP contribution in [0.2, 0.25) is 0 Å². The van der Waals surface area contributed by atoms with Crippen molar-refractivity contribution in [3.05, 3.63) is 16.4 Å². The Morgan fingerprint density at radius 2 is 2.29 bits per heavy atom. The Morgan fingerprint density at radius 3 is 2.93 bits per heavy atom. The smallest absolute Gasteiger partial charge is 0.0635 e. The van der Waals surface area contributed by atoms with Crippen LogP contribution < -0.4 is 0 Å². The van der Waals surface area contributed by atoms with Crippen LogP contribution in [0.3, 0.4) is 0 Å². The standard InChI is InChI=1S/C10H16BrClN2/c1-2-7-14-10(5-3-4-6-12)9(11)8-13-14/h8H,2-7H2,1H3.